The molecule has 0 amide bonds. The molecule has 2 atom stereocenters. The Bertz CT molecular complexity index is 219. The molecule has 0 bridgehead atoms. The molecule has 0 saturated carbocycles. The number of halogens is 1. The second kappa shape index (κ2) is 7.86. The van der Waals surface area contributed by atoms with Crippen molar-refractivity contribution < 1.29 is 24.2 Å². The highest BCUT2D eigenvalue weighted by atomic mass is 127. The number of aliphatic hydroxyl groups is 1. The fourth-order valence-corrected chi connectivity index (χ4v) is 1.00. The van der Waals surface area contributed by atoms with Gasteiger partial charge < -0.3 is 14.6 Å². The fourth-order valence-electron chi connectivity index (χ4n) is 0.645. The molecule has 0 aromatic carbocycles. The highest BCUT2D eigenvalue weighted by Crippen LogP contribution is 2.03. The van der Waals surface area contributed by atoms with Crippen LogP contribution in [0.5, 0.6) is 0 Å². The molecular formula is C9H15IO5. The molecule has 15 heavy (non-hydrogen) atoms. The number of carbonyl (C=O) groups is 2. The van der Waals surface area contributed by atoms with E-state index in [4.69, 9.17) is 4.74 Å². The molecular weight excluding hydrogens is 315 g/mol. The van der Waals surface area contributed by atoms with Gasteiger partial charge in [0.15, 0.2) is 0 Å². The lowest BCUT2D eigenvalue weighted by Crippen LogP contribution is -2.27. The van der Waals surface area contributed by atoms with E-state index in [1.54, 1.807) is 6.92 Å². The molecule has 0 spiro atoms. The number of aliphatic hydroxyl groups excluding tert-OH is 1. The molecule has 5 nitrogen and oxygen atoms in total. The van der Waals surface area contributed by atoms with Crippen LogP contribution in [0.1, 0.15) is 13.8 Å². The van der Waals surface area contributed by atoms with Crippen LogP contribution in [0.4, 0.5) is 0 Å². The molecule has 0 aliphatic carbocycles. The molecule has 0 fully saturated rings. The number of carbonyl (C=O) groups excluding carboxylic acids is 2. The maximum absolute atomic E-state index is 11.2. The van der Waals surface area contributed by atoms with Gasteiger partial charge in [0.1, 0.15) is 19.3 Å². The van der Waals surface area contributed by atoms with Gasteiger partial charge in [-0.2, -0.15) is 0 Å². The van der Waals surface area contributed by atoms with Gasteiger partial charge in [0.25, 0.3) is 0 Å². The summed E-state index contributed by atoms with van der Waals surface area (Å²) >= 11 is 2.08. The number of alkyl halides is 1. The Hall–Kier alpha value is -0.370. The predicted octanol–water partition coefficient (Wildman–Crippen LogP) is 0.525. The molecule has 88 valence electrons. The number of hydrogen-bond donors (Lipinski definition) is 1. The van der Waals surface area contributed by atoms with Crippen molar-refractivity contribution in [1.29, 1.82) is 0 Å². The Morgan fingerprint density at radius 3 is 2.33 bits per heavy atom. The van der Waals surface area contributed by atoms with Crippen molar-refractivity contribution in [3.63, 3.8) is 0 Å². The van der Waals surface area contributed by atoms with Crippen LogP contribution in [-0.4, -0.2) is 40.8 Å². The summed E-state index contributed by atoms with van der Waals surface area (Å²) in [6.07, 6.45) is -0.959. The third-order valence-electron chi connectivity index (χ3n) is 1.53. The quantitative estimate of drug-likeness (QED) is 0.437. The molecule has 0 heterocycles. The van der Waals surface area contributed by atoms with E-state index < -0.39 is 12.1 Å². The van der Waals surface area contributed by atoms with Crippen molar-refractivity contribution in [3.05, 3.63) is 0 Å². The Kier molecular flexibility index (Phi) is 7.67. The molecule has 0 aliphatic heterocycles. The third kappa shape index (κ3) is 7.55. The fraction of sp³-hybridized carbons (Fsp3) is 0.778. The van der Waals surface area contributed by atoms with Gasteiger partial charge in [-0.3, -0.25) is 9.59 Å². The Morgan fingerprint density at radius 2 is 1.87 bits per heavy atom. The van der Waals surface area contributed by atoms with Crippen molar-refractivity contribution >= 4 is 34.5 Å². The van der Waals surface area contributed by atoms with Gasteiger partial charge in [0.2, 0.25) is 0 Å². The lowest BCUT2D eigenvalue weighted by atomic mass is 10.2. The molecule has 2 unspecified atom stereocenters. The van der Waals surface area contributed by atoms with E-state index in [1.807, 2.05) is 0 Å². The van der Waals surface area contributed by atoms with E-state index in [-0.39, 0.29) is 25.1 Å². The van der Waals surface area contributed by atoms with Crippen molar-refractivity contribution in [1.82, 2.24) is 0 Å². The van der Waals surface area contributed by atoms with E-state index >= 15 is 0 Å². The normalized spacial score (nSPS) is 14.1. The first-order chi connectivity index (χ1) is 6.97. The monoisotopic (exact) mass is 330 g/mol. The largest absolute Gasteiger partial charge is 0.463 e. The summed E-state index contributed by atoms with van der Waals surface area (Å²) in [5.74, 6) is -1.01. The van der Waals surface area contributed by atoms with Crippen molar-refractivity contribution in [2.75, 3.05) is 17.6 Å². The zero-order chi connectivity index (χ0) is 11.8. The summed E-state index contributed by atoms with van der Waals surface area (Å²) in [4.78, 5) is 21.6. The Morgan fingerprint density at radius 1 is 1.33 bits per heavy atom. The van der Waals surface area contributed by atoms with Crippen LogP contribution in [-0.2, 0) is 19.1 Å². The zero-order valence-corrected chi connectivity index (χ0v) is 10.9. The molecule has 1 N–H and O–H groups in total. The first kappa shape index (κ1) is 14.6. The first-order valence-electron chi connectivity index (χ1n) is 4.51. The molecule has 0 aromatic rings. The molecule has 0 radical (unpaired) electrons. The van der Waals surface area contributed by atoms with Gasteiger partial charge in [0, 0.05) is 11.4 Å². The van der Waals surface area contributed by atoms with Crippen LogP contribution >= 0.6 is 22.6 Å². The Labute approximate surface area is 102 Å². The van der Waals surface area contributed by atoms with Crippen molar-refractivity contribution in [2.24, 2.45) is 5.92 Å². The number of ether oxygens (including phenoxy) is 2. The SMILES string of the molecule is CC(=O)OCC(O)COC(=O)C(C)CI. The first-order valence-corrected chi connectivity index (χ1v) is 6.04. The smallest absolute Gasteiger partial charge is 0.309 e. The molecule has 0 rings (SSSR count). The summed E-state index contributed by atoms with van der Waals surface area (Å²) < 4.78 is 10.0. The van der Waals surface area contributed by atoms with Crippen LogP contribution in [0.15, 0.2) is 0 Å². The van der Waals surface area contributed by atoms with E-state index in [0.29, 0.717) is 4.43 Å². The second-order valence-corrected chi connectivity index (χ2v) is 4.02. The number of rotatable bonds is 6. The van der Waals surface area contributed by atoms with Gasteiger partial charge in [-0.05, 0) is 0 Å². The minimum Gasteiger partial charge on any atom is -0.463 e. The molecule has 6 heteroatoms. The average molecular weight is 330 g/mol. The summed E-state index contributed by atoms with van der Waals surface area (Å²) in [6.45, 7) is 2.69. The van der Waals surface area contributed by atoms with E-state index in [0.717, 1.165) is 0 Å². The van der Waals surface area contributed by atoms with E-state index in [9.17, 15) is 14.7 Å². The minimum absolute atomic E-state index is 0.146. The highest BCUT2D eigenvalue weighted by molar-refractivity contribution is 14.1. The third-order valence-corrected chi connectivity index (χ3v) is 2.85. The maximum atomic E-state index is 11.2. The summed E-state index contributed by atoms with van der Waals surface area (Å²) in [5.41, 5.74) is 0. The van der Waals surface area contributed by atoms with Crippen LogP contribution in [0.25, 0.3) is 0 Å². The number of esters is 2. The number of hydrogen-bond acceptors (Lipinski definition) is 5. The van der Waals surface area contributed by atoms with Gasteiger partial charge in [-0.15, -0.1) is 0 Å². The Balaban J connectivity index is 3.66. The van der Waals surface area contributed by atoms with Crippen LogP contribution in [0, 0.1) is 5.92 Å². The standard InChI is InChI=1S/C9H15IO5/c1-6(3-10)9(13)15-5-8(12)4-14-7(2)11/h6,8,12H,3-5H2,1-2H3. The summed E-state index contributed by atoms with van der Waals surface area (Å²) in [6, 6.07) is 0. The predicted molar refractivity (Wildman–Crippen MR) is 61.6 cm³/mol. The van der Waals surface area contributed by atoms with Crippen LogP contribution in [0.3, 0.4) is 0 Å². The van der Waals surface area contributed by atoms with Gasteiger partial charge in [0.05, 0.1) is 5.92 Å². The average Bonchev–Trinajstić information content (AvgIpc) is 2.21. The van der Waals surface area contributed by atoms with E-state index in [2.05, 4.69) is 27.3 Å². The van der Waals surface area contributed by atoms with E-state index in [1.165, 1.54) is 6.92 Å². The zero-order valence-electron chi connectivity index (χ0n) is 8.73. The van der Waals surface area contributed by atoms with Crippen LogP contribution in [0.2, 0.25) is 0 Å². The highest BCUT2D eigenvalue weighted by Gasteiger charge is 2.15. The molecule has 0 aliphatic rings. The molecule has 0 aromatic heterocycles. The maximum Gasteiger partial charge on any atom is 0.309 e. The van der Waals surface area contributed by atoms with Gasteiger partial charge in [-0.1, -0.05) is 29.5 Å². The van der Waals surface area contributed by atoms with Gasteiger partial charge in [-0.25, -0.2) is 0 Å². The summed E-state index contributed by atoms with van der Waals surface area (Å²) in [5, 5.41) is 9.25. The topological polar surface area (TPSA) is 72.8 Å². The summed E-state index contributed by atoms with van der Waals surface area (Å²) in [7, 11) is 0. The molecule has 0 saturated heterocycles. The second-order valence-electron chi connectivity index (χ2n) is 3.14. The lowest BCUT2D eigenvalue weighted by molar-refractivity contribution is -0.153. The van der Waals surface area contributed by atoms with Crippen molar-refractivity contribution in [3.8, 4) is 0 Å². The lowest BCUT2D eigenvalue weighted by Gasteiger charge is -2.12. The minimum atomic E-state index is -0.959. The van der Waals surface area contributed by atoms with Crippen molar-refractivity contribution in [2.45, 2.75) is 20.0 Å². The van der Waals surface area contributed by atoms with Crippen LogP contribution < -0.4 is 0 Å². The van der Waals surface area contributed by atoms with Gasteiger partial charge >= 0.3 is 11.9 Å².